The van der Waals surface area contributed by atoms with Crippen LogP contribution >= 0.6 is 0 Å². The van der Waals surface area contributed by atoms with Crippen LogP contribution in [-0.2, 0) is 11.3 Å². The molecule has 1 aromatic carbocycles. The fraction of sp³-hybridized carbons (Fsp3) is 0.562. The van der Waals surface area contributed by atoms with Crippen molar-refractivity contribution < 1.29 is 4.79 Å². The second-order valence-corrected chi connectivity index (χ2v) is 5.50. The number of likely N-dealkylation sites (N-methyl/N-ethyl adjacent to an activating group) is 1. The molecule has 1 aliphatic rings. The first-order chi connectivity index (χ1) is 10.2. The molecule has 0 radical (unpaired) electrons. The zero-order valence-corrected chi connectivity index (χ0v) is 13.0. The zero-order chi connectivity index (χ0) is 15.2. The molecule has 1 saturated heterocycles. The third kappa shape index (κ3) is 4.03. The van der Waals surface area contributed by atoms with Crippen molar-refractivity contribution in [3.05, 3.63) is 29.8 Å². The van der Waals surface area contributed by atoms with Gasteiger partial charge in [0.15, 0.2) is 0 Å². The average Bonchev–Trinajstić information content (AvgIpc) is 2.54. The monoisotopic (exact) mass is 290 g/mol. The number of carbonyl (C=O) groups is 1. The van der Waals surface area contributed by atoms with E-state index in [9.17, 15) is 4.79 Å². The van der Waals surface area contributed by atoms with Crippen molar-refractivity contribution in [2.24, 2.45) is 5.73 Å². The van der Waals surface area contributed by atoms with Crippen molar-refractivity contribution in [3.8, 4) is 0 Å². The quantitative estimate of drug-likeness (QED) is 0.853. The lowest BCUT2D eigenvalue weighted by molar-refractivity contribution is -0.121. The van der Waals surface area contributed by atoms with E-state index in [2.05, 4.69) is 22.0 Å². The van der Waals surface area contributed by atoms with Gasteiger partial charge >= 0.3 is 0 Å². The normalized spacial score (nSPS) is 18.4. The number of nitrogens with zero attached hydrogens (tertiary/aromatic N) is 2. The predicted octanol–water partition coefficient (Wildman–Crippen LogP) is 1.11. The summed E-state index contributed by atoms with van der Waals surface area (Å²) in [5.74, 6) is 0.0425. The third-order valence-electron chi connectivity index (χ3n) is 4.28. The molecule has 0 bridgehead atoms. The number of nitrogens with two attached hydrogens (primary N) is 1. The van der Waals surface area contributed by atoms with Crippen molar-refractivity contribution in [1.82, 2.24) is 9.80 Å². The van der Waals surface area contributed by atoms with Gasteiger partial charge in [-0.2, -0.15) is 0 Å². The van der Waals surface area contributed by atoms with Crippen molar-refractivity contribution in [2.45, 2.75) is 26.4 Å². The summed E-state index contributed by atoms with van der Waals surface area (Å²) in [6, 6.07) is 7.59. The van der Waals surface area contributed by atoms with E-state index in [1.165, 1.54) is 0 Å². The molecule has 1 aromatic rings. The van der Waals surface area contributed by atoms with Gasteiger partial charge < -0.3 is 16.0 Å². The smallest absolute Gasteiger partial charge is 0.241 e. The van der Waals surface area contributed by atoms with E-state index in [4.69, 9.17) is 5.73 Å². The molecule has 1 heterocycles. The number of amides is 1. The summed E-state index contributed by atoms with van der Waals surface area (Å²) in [6.45, 7) is 9.62. The number of anilines is 1. The van der Waals surface area contributed by atoms with Crippen LogP contribution in [0.3, 0.4) is 0 Å². The molecule has 5 nitrogen and oxygen atoms in total. The Kier molecular flexibility index (Phi) is 5.73. The van der Waals surface area contributed by atoms with Gasteiger partial charge in [0.05, 0.1) is 6.04 Å². The summed E-state index contributed by atoms with van der Waals surface area (Å²) in [5, 5.41) is 3.01. The minimum atomic E-state index is -0.116. The molecular weight excluding hydrogens is 264 g/mol. The SMILES string of the molecule is CCN1CCN(C(C)C(=O)Nc2ccccc2CN)CC1. The van der Waals surface area contributed by atoms with Gasteiger partial charge in [-0.25, -0.2) is 0 Å². The maximum atomic E-state index is 12.4. The van der Waals surface area contributed by atoms with Gasteiger partial charge in [-0.05, 0) is 25.1 Å². The van der Waals surface area contributed by atoms with Crippen molar-refractivity contribution in [1.29, 1.82) is 0 Å². The number of benzene rings is 1. The van der Waals surface area contributed by atoms with Crippen LogP contribution in [-0.4, -0.2) is 54.5 Å². The molecule has 1 atom stereocenters. The Morgan fingerprint density at radius 3 is 2.57 bits per heavy atom. The van der Waals surface area contributed by atoms with E-state index < -0.39 is 0 Å². The number of hydrogen-bond acceptors (Lipinski definition) is 4. The molecule has 21 heavy (non-hydrogen) atoms. The van der Waals surface area contributed by atoms with E-state index in [0.717, 1.165) is 44.0 Å². The number of para-hydroxylation sites is 1. The Morgan fingerprint density at radius 1 is 1.29 bits per heavy atom. The summed E-state index contributed by atoms with van der Waals surface area (Å²) in [7, 11) is 0. The first-order valence-corrected chi connectivity index (χ1v) is 7.71. The van der Waals surface area contributed by atoms with Crippen molar-refractivity contribution in [2.75, 3.05) is 38.0 Å². The minimum Gasteiger partial charge on any atom is -0.326 e. The lowest BCUT2D eigenvalue weighted by Gasteiger charge is -2.37. The Morgan fingerprint density at radius 2 is 1.95 bits per heavy atom. The molecule has 0 aromatic heterocycles. The van der Waals surface area contributed by atoms with Gasteiger partial charge in [0, 0.05) is 38.4 Å². The second kappa shape index (κ2) is 7.54. The molecular formula is C16H26N4O. The first kappa shape index (κ1) is 15.9. The molecule has 116 valence electrons. The van der Waals surface area contributed by atoms with Crippen LogP contribution < -0.4 is 11.1 Å². The molecule has 1 amide bonds. The van der Waals surface area contributed by atoms with E-state index in [1.807, 2.05) is 31.2 Å². The maximum Gasteiger partial charge on any atom is 0.241 e. The first-order valence-electron chi connectivity index (χ1n) is 7.71. The lowest BCUT2D eigenvalue weighted by atomic mass is 10.1. The summed E-state index contributed by atoms with van der Waals surface area (Å²) in [5.41, 5.74) is 7.50. The highest BCUT2D eigenvalue weighted by molar-refractivity contribution is 5.95. The van der Waals surface area contributed by atoms with Gasteiger partial charge in [0.25, 0.3) is 0 Å². The molecule has 3 N–H and O–H groups in total. The molecule has 5 heteroatoms. The van der Waals surface area contributed by atoms with Gasteiger partial charge in [-0.15, -0.1) is 0 Å². The van der Waals surface area contributed by atoms with Gasteiger partial charge in [0.1, 0.15) is 0 Å². The molecule has 1 fully saturated rings. The van der Waals surface area contributed by atoms with E-state index in [0.29, 0.717) is 6.54 Å². The van der Waals surface area contributed by atoms with E-state index >= 15 is 0 Å². The van der Waals surface area contributed by atoms with Crippen LogP contribution in [0.1, 0.15) is 19.4 Å². The maximum absolute atomic E-state index is 12.4. The minimum absolute atomic E-state index is 0.0425. The highest BCUT2D eigenvalue weighted by Gasteiger charge is 2.25. The predicted molar refractivity (Wildman–Crippen MR) is 86.1 cm³/mol. The number of piperazine rings is 1. The molecule has 0 spiro atoms. The average molecular weight is 290 g/mol. The lowest BCUT2D eigenvalue weighted by Crippen LogP contribution is -2.52. The van der Waals surface area contributed by atoms with Gasteiger partial charge in [-0.1, -0.05) is 25.1 Å². The second-order valence-electron chi connectivity index (χ2n) is 5.50. The van der Waals surface area contributed by atoms with Gasteiger partial charge in [-0.3, -0.25) is 9.69 Å². The number of hydrogen-bond donors (Lipinski definition) is 2. The van der Waals surface area contributed by atoms with Crippen LogP contribution in [0, 0.1) is 0 Å². The fourth-order valence-corrected chi connectivity index (χ4v) is 2.69. The number of carbonyl (C=O) groups excluding carboxylic acids is 1. The van der Waals surface area contributed by atoms with Crippen molar-refractivity contribution in [3.63, 3.8) is 0 Å². The largest absolute Gasteiger partial charge is 0.326 e. The molecule has 0 saturated carbocycles. The highest BCUT2D eigenvalue weighted by atomic mass is 16.2. The Hall–Kier alpha value is -1.43. The Labute approximate surface area is 127 Å². The molecule has 0 aliphatic carbocycles. The summed E-state index contributed by atoms with van der Waals surface area (Å²) < 4.78 is 0. The van der Waals surface area contributed by atoms with E-state index in [1.54, 1.807) is 0 Å². The summed E-state index contributed by atoms with van der Waals surface area (Å²) in [6.07, 6.45) is 0. The van der Waals surface area contributed by atoms with Crippen molar-refractivity contribution >= 4 is 11.6 Å². The van der Waals surface area contributed by atoms with Gasteiger partial charge in [0.2, 0.25) is 5.91 Å². The van der Waals surface area contributed by atoms with Crippen LogP contribution in [0.25, 0.3) is 0 Å². The topological polar surface area (TPSA) is 61.6 Å². The summed E-state index contributed by atoms with van der Waals surface area (Å²) in [4.78, 5) is 17.1. The van der Waals surface area contributed by atoms with Crippen LogP contribution in [0.2, 0.25) is 0 Å². The molecule has 1 aliphatic heterocycles. The van der Waals surface area contributed by atoms with Crippen LogP contribution in [0.4, 0.5) is 5.69 Å². The Balaban J connectivity index is 1.94. The highest BCUT2D eigenvalue weighted by Crippen LogP contribution is 2.15. The zero-order valence-electron chi connectivity index (χ0n) is 13.0. The molecule has 1 unspecified atom stereocenters. The number of nitrogens with one attached hydrogen (secondary N) is 1. The van der Waals surface area contributed by atoms with Crippen LogP contribution in [0.15, 0.2) is 24.3 Å². The van der Waals surface area contributed by atoms with Crippen LogP contribution in [0.5, 0.6) is 0 Å². The molecule has 2 rings (SSSR count). The summed E-state index contributed by atoms with van der Waals surface area (Å²) >= 11 is 0. The fourth-order valence-electron chi connectivity index (χ4n) is 2.69. The number of rotatable bonds is 5. The Bertz CT molecular complexity index is 469. The third-order valence-corrected chi connectivity index (χ3v) is 4.28. The standard InChI is InChI=1S/C16H26N4O/c1-3-19-8-10-20(11-9-19)13(2)16(21)18-15-7-5-4-6-14(15)12-17/h4-7,13H,3,8-12,17H2,1-2H3,(H,18,21). The van der Waals surface area contributed by atoms with E-state index in [-0.39, 0.29) is 11.9 Å².